The van der Waals surface area contributed by atoms with E-state index in [-0.39, 0.29) is 17.3 Å². The minimum Gasteiger partial charge on any atom is -0.342 e. The van der Waals surface area contributed by atoms with E-state index in [2.05, 4.69) is 9.62 Å². The third-order valence-corrected chi connectivity index (χ3v) is 5.27. The summed E-state index contributed by atoms with van der Waals surface area (Å²) in [6.07, 6.45) is 1.73. The van der Waals surface area contributed by atoms with Crippen molar-refractivity contribution in [1.29, 1.82) is 0 Å². The summed E-state index contributed by atoms with van der Waals surface area (Å²) in [5.74, 6) is -0.0414. The van der Waals surface area contributed by atoms with Gasteiger partial charge in [0, 0.05) is 26.6 Å². The molecule has 0 spiro atoms. The minimum absolute atomic E-state index is 0.0414. The van der Waals surface area contributed by atoms with Gasteiger partial charge in [-0.05, 0) is 51.2 Å². The first kappa shape index (κ1) is 20.6. The molecule has 0 fully saturated rings. The van der Waals surface area contributed by atoms with Gasteiger partial charge in [-0.15, -0.1) is 0 Å². The van der Waals surface area contributed by atoms with Gasteiger partial charge in [0.05, 0.1) is 4.90 Å². The van der Waals surface area contributed by atoms with Gasteiger partial charge in [0.15, 0.2) is 0 Å². The first-order chi connectivity index (χ1) is 11.3. The molecule has 0 saturated heterocycles. The van der Waals surface area contributed by atoms with Gasteiger partial charge in [0.25, 0.3) is 0 Å². The van der Waals surface area contributed by atoms with E-state index in [0.29, 0.717) is 13.1 Å². The van der Waals surface area contributed by atoms with E-state index in [9.17, 15) is 13.2 Å². The third kappa shape index (κ3) is 6.98. The maximum absolute atomic E-state index is 12.3. The maximum Gasteiger partial charge on any atom is 0.240 e. The molecular formula is C17H29N3O3S. The van der Waals surface area contributed by atoms with Gasteiger partial charge in [-0.1, -0.05) is 19.1 Å². The predicted octanol–water partition coefficient (Wildman–Crippen LogP) is 1.33. The average molecular weight is 356 g/mol. The Balaban J connectivity index is 2.53. The lowest BCUT2D eigenvalue weighted by atomic mass is 10.2. The molecule has 1 aromatic rings. The zero-order chi connectivity index (χ0) is 18.2. The van der Waals surface area contributed by atoms with Crippen LogP contribution in [0, 0.1) is 0 Å². The summed E-state index contributed by atoms with van der Waals surface area (Å²) in [7, 11) is 0.428. The van der Waals surface area contributed by atoms with E-state index >= 15 is 0 Å². The Kier molecular flexibility index (Phi) is 8.38. The number of carbonyl (C=O) groups excluding carboxylic acids is 1. The smallest absolute Gasteiger partial charge is 0.240 e. The van der Waals surface area contributed by atoms with Gasteiger partial charge < -0.3 is 9.80 Å². The summed E-state index contributed by atoms with van der Waals surface area (Å²) in [5, 5.41) is 0. The SMILES string of the molecule is CCc1ccc(S(=O)(=O)NCCN(CCCN(C)C)C(C)=O)cc1. The highest BCUT2D eigenvalue weighted by Gasteiger charge is 2.15. The molecule has 1 rings (SSSR count). The number of aryl methyl sites for hydroxylation is 1. The number of hydrogen-bond acceptors (Lipinski definition) is 4. The van der Waals surface area contributed by atoms with Gasteiger partial charge in [-0.2, -0.15) is 0 Å². The van der Waals surface area contributed by atoms with Gasteiger partial charge in [-0.25, -0.2) is 13.1 Å². The number of nitrogens with one attached hydrogen (secondary N) is 1. The van der Waals surface area contributed by atoms with Crippen LogP contribution in [0.25, 0.3) is 0 Å². The Morgan fingerprint density at radius 3 is 2.21 bits per heavy atom. The largest absolute Gasteiger partial charge is 0.342 e. The van der Waals surface area contributed by atoms with Crippen molar-refractivity contribution in [2.75, 3.05) is 40.3 Å². The molecule has 0 saturated carbocycles. The van der Waals surface area contributed by atoms with Crippen LogP contribution in [0.1, 0.15) is 25.8 Å². The molecule has 0 aliphatic carbocycles. The van der Waals surface area contributed by atoms with E-state index in [1.165, 1.54) is 6.92 Å². The Bertz CT molecular complexity index is 612. The van der Waals surface area contributed by atoms with Crippen molar-refractivity contribution in [3.05, 3.63) is 29.8 Å². The molecule has 0 bridgehead atoms. The van der Waals surface area contributed by atoms with Crippen LogP contribution in [0.5, 0.6) is 0 Å². The molecule has 6 nitrogen and oxygen atoms in total. The Morgan fingerprint density at radius 1 is 1.08 bits per heavy atom. The molecule has 136 valence electrons. The van der Waals surface area contributed by atoms with Gasteiger partial charge in [-0.3, -0.25) is 4.79 Å². The number of benzene rings is 1. The fraction of sp³-hybridized carbons (Fsp3) is 0.588. The van der Waals surface area contributed by atoms with Gasteiger partial charge in [0.1, 0.15) is 0 Å². The Labute approximate surface area is 145 Å². The monoisotopic (exact) mass is 355 g/mol. The van der Waals surface area contributed by atoms with E-state index in [1.807, 2.05) is 33.2 Å². The molecule has 0 heterocycles. The lowest BCUT2D eigenvalue weighted by molar-refractivity contribution is -0.128. The molecule has 0 aromatic heterocycles. The summed E-state index contributed by atoms with van der Waals surface area (Å²) in [6, 6.07) is 6.86. The summed E-state index contributed by atoms with van der Waals surface area (Å²) in [5.41, 5.74) is 1.09. The van der Waals surface area contributed by atoms with E-state index in [4.69, 9.17) is 0 Å². The van der Waals surface area contributed by atoms with Gasteiger partial charge in [0.2, 0.25) is 15.9 Å². The van der Waals surface area contributed by atoms with Crippen molar-refractivity contribution in [3.63, 3.8) is 0 Å². The maximum atomic E-state index is 12.3. The fourth-order valence-electron chi connectivity index (χ4n) is 2.31. The quantitative estimate of drug-likeness (QED) is 0.687. The van der Waals surface area contributed by atoms with Crippen LogP contribution < -0.4 is 4.72 Å². The lowest BCUT2D eigenvalue weighted by Crippen LogP contribution is -2.38. The van der Waals surface area contributed by atoms with E-state index in [1.54, 1.807) is 17.0 Å². The van der Waals surface area contributed by atoms with E-state index < -0.39 is 10.0 Å². The van der Waals surface area contributed by atoms with Crippen LogP contribution >= 0.6 is 0 Å². The number of nitrogens with zero attached hydrogens (tertiary/aromatic N) is 2. The number of carbonyl (C=O) groups is 1. The van der Waals surface area contributed by atoms with Crippen molar-refractivity contribution >= 4 is 15.9 Å². The zero-order valence-electron chi connectivity index (χ0n) is 15.1. The number of hydrogen-bond donors (Lipinski definition) is 1. The normalized spacial score (nSPS) is 11.7. The molecule has 0 aliphatic heterocycles. The Hall–Kier alpha value is -1.44. The molecule has 0 aliphatic rings. The second-order valence-corrected chi connectivity index (χ2v) is 7.83. The molecule has 1 amide bonds. The highest BCUT2D eigenvalue weighted by molar-refractivity contribution is 7.89. The number of sulfonamides is 1. The summed E-state index contributed by atoms with van der Waals surface area (Å²) < 4.78 is 27.1. The van der Waals surface area contributed by atoms with Crippen LogP contribution in [0.15, 0.2) is 29.2 Å². The predicted molar refractivity (Wildman–Crippen MR) is 96.4 cm³/mol. The molecule has 24 heavy (non-hydrogen) atoms. The lowest BCUT2D eigenvalue weighted by Gasteiger charge is -2.22. The zero-order valence-corrected chi connectivity index (χ0v) is 15.9. The third-order valence-electron chi connectivity index (χ3n) is 3.79. The summed E-state index contributed by atoms with van der Waals surface area (Å²) >= 11 is 0. The summed E-state index contributed by atoms with van der Waals surface area (Å²) in [4.78, 5) is 15.6. The second-order valence-electron chi connectivity index (χ2n) is 6.06. The van der Waals surface area contributed by atoms with Crippen molar-refractivity contribution in [1.82, 2.24) is 14.5 Å². The highest BCUT2D eigenvalue weighted by atomic mass is 32.2. The van der Waals surface area contributed by atoms with Gasteiger partial charge >= 0.3 is 0 Å². The van der Waals surface area contributed by atoms with Crippen LogP contribution in [0.3, 0.4) is 0 Å². The average Bonchev–Trinajstić information content (AvgIpc) is 2.53. The molecule has 0 radical (unpaired) electrons. The highest BCUT2D eigenvalue weighted by Crippen LogP contribution is 2.10. The Morgan fingerprint density at radius 2 is 1.71 bits per heavy atom. The van der Waals surface area contributed by atoms with Crippen LogP contribution in [0.2, 0.25) is 0 Å². The van der Waals surface area contributed by atoms with Crippen LogP contribution in [-0.2, 0) is 21.2 Å². The molecular weight excluding hydrogens is 326 g/mol. The van der Waals surface area contributed by atoms with Crippen molar-refractivity contribution in [2.24, 2.45) is 0 Å². The molecule has 7 heteroatoms. The molecule has 0 unspecified atom stereocenters. The minimum atomic E-state index is -3.54. The number of rotatable bonds is 10. The standard InChI is InChI=1S/C17H29N3O3S/c1-5-16-7-9-17(10-8-16)24(22,23)18-11-14-20(15(2)21)13-6-12-19(3)4/h7-10,18H,5-6,11-14H2,1-4H3. The van der Waals surface area contributed by atoms with Crippen molar-refractivity contribution in [2.45, 2.75) is 31.6 Å². The fourth-order valence-corrected chi connectivity index (χ4v) is 3.33. The topological polar surface area (TPSA) is 69.7 Å². The first-order valence-corrected chi connectivity index (χ1v) is 9.73. The van der Waals surface area contributed by atoms with Crippen molar-refractivity contribution in [3.8, 4) is 0 Å². The molecule has 1 N–H and O–H groups in total. The summed E-state index contributed by atoms with van der Waals surface area (Å²) in [6.45, 7) is 5.62. The van der Waals surface area contributed by atoms with E-state index in [0.717, 1.165) is 24.9 Å². The number of amides is 1. The second kappa shape index (κ2) is 9.76. The van der Waals surface area contributed by atoms with Crippen molar-refractivity contribution < 1.29 is 13.2 Å². The van der Waals surface area contributed by atoms with Crippen LogP contribution in [-0.4, -0.2) is 64.4 Å². The molecule has 1 aromatic carbocycles. The molecule has 0 atom stereocenters. The van der Waals surface area contributed by atoms with Crippen LogP contribution in [0.4, 0.5) is 0 Å². The first-order valence-electron chi connectivity index (χ1n) is 8.25.